The smallest absolute Gasteiger partial charge is 0.0413 e. The summed E-state index contributed by atoms with van der Waals surface area (Å²) < 4.78 is 0. The largest absolute Gasteiger partial charge is 0.355 e. The van der Waals surface area contributed by atoms with Crippen LogP contribution in [0.2, 0.25) is 0 Å². The van der Waals surface area contributed by atoms with E-state index >= 15 is 0 Å². The summed E-state index contributed by atoms with van der Waals surface area (Å²) >= 11 is 0. The molecule has 2 nitrogen and oxygen atoms in total. The minimum absolute atomic E-state index is 1.11. The highest BCUT2D eigenvalue weighted by atomic mass is 14.9. The molecule has 0 heterocycles. The number of anilines is 4. The second-order valence-corrected chi connectivity index (χ2v) is 10.4. The van der Waals surface area contributed by atoms with Crippen LogP contribution in [0, 0.1) is 41.5 Å². The standard InChI is InChI=1S/C36H36N2/c1-23-11-7-9-13-35(23)37-29-15-17-31(25(3)19-29)33-21-28(6)34(22-27(33)5)32-18-16-30(20-26(32)4)38-36-14-10-8-12-24(36)2/h7-22,37-38H,1-6H3. The van der Waals surface area contributed by atoms with Gasteiger partial charge in [0, 0.05) is 22.7 Å². The molecule has 0 aromatic heterocycles. The summed E-state index contributed by atoms with van der Waals surface area (Å²) in [4.78, 5) is 0. The molecule has 0 amide bonds. The van der Waals surface area contributed by atoms with Crippen molar-refractivity contribution < 1.29 is 0 Å². The molecule has 0 saturated heterocycles. The molecule has 5 aromatic carbocycles. The van der Waals surface area contributed by atoms with Crippen molar-refractivity contribution in [3.05, 3.63) is 130 Å². The van der Waals surface area contributed by atoms with Gasteiger partial charge in [-0.2, -0.15) is 0 Å². The quantitative estimate of drug-likeness (QED) is 0.244. The van der Waals surface area contributed by atoms with Crippen molar-refractivity contribution in [2.45, 2.75) is 41.5 Å². The fourth-order valence-electron chi connectivity index (χ4n) is 5.22. The van der Waals surface area contributed by atoms with Gasteiger partial charge in [0.1, 0.15) is 0 Å². The molecule has 0 unspecified atom stereocenters. The summed E-state index contributed by atoms with van der Waals surface area (Å²) in [6.07, 6.45) is 0. The van der Waals surface area contributed by atoms with Gasteiger partial charge in [0.05, 0.1) is 0 Å². The first kappa shape index (κ1) is 25.4. The first-order valence-corrected chi connectivity index (χ1v) is 13.3. The third-order valence-corrected chi connectivity index (χ3v) is 7.45. The van der Waals surface area contributed by atoms with Gasteiger partial charge in [-0.25, -0.2) is 0 Å². The van der Waals surface area contributed by atoms with Crippen molar-refractivity contribution in [1.82, 2.24) is 0 Å². The molecule has 190 valence electrons. The van der Waals surface area contributed by atoms with E-state index in [-0.39, 0.29) is 0 Å². The van der Waals surface area contributed by atoms with Gasteiger partial charge in [-0.15, -0.1) is 0 Å². The third kappa shape index (κ3) is 5.21. The summed E-state index contributed by atoms with van der Waals surface area (Å²) in [7, 11) is 0. The van der Waals surface area contributed by atoms with Crippen LogP contribution in [0.15, 0.2) is 97.1 Å². The number of nitrogens with one attached hydrogen (secondary N) is 2. The minimum Gasteiger partial charge on any atom is -0.355 e. The van der Waals surface area contributed by atoms with Crippen LogP contribution in [0.5, 0.6) is 0 Å². The molecule has 0 spiro atoms. The lowest BCUT2D eigenvalue weighted by atomic mass is 9.89. The van der Waals surface area contributed by atoms with Crippen LogP contribution >= 0.6 is 0 Å². The molecule has 0 atom stereocenters. The highest BCUT2D eigenvalue weighted by Gasteiger charge is 2.13. The molecule has 0 bridgehead atoms. The summed E-state index contributed by atoms with van der Waals surface area (Å²) in [5, 5.41) is 7.14. The maximum Gasteiger partial charge on any atom is 0.0413 e. The summed E-state index contributed by atoms with van der Waals surface area (Å²) in [5.41, 5.74) is 17.2. The molecule has 2 N–H and O–H groups in total. The first-order valence-electron chi connectivity index (χ1n) is 13.3. The zero-order valence-corrected chi connectivity index (χ0v) is 23.2. The van der Waals surface area contributed by atoms with Crippen LogP contribution in [0.1, 0.15) is 33.4 Å². The average molecular weight is 497 g/mol. The van der Waals surface area contributed by atoms with E-state index in [1.165, 1.54) is 55.6 Å². The maximum absolute atomic E-state index is 3.57. The van der Waals surface area contributed by atoms with E-state index in [4.69, 9.17) is 0 Å². The van der Waals surface area contributed by atoms with Crippen LogP contribution in [0.4, 0.5) is 22.7 Å². The zero-order chi connectivity index (χ0) is 26.8. The lowest BCUT2D eigenvalue weighted by Gasteiger charge is -2.18. The maximum atomic E-state index is 3.57. The molecule has 0 aliphatic rings. The van der Waals surface area contributed by atoms with E-state index in [1.807, 2.05) is 0 Å². The lowest BCUT2D eigenvalue weighted by Crippen LogP contribution is -1.97. The predicted molar refractivity (Wildman–Crippen MR) is 165 cm³/mol. The second kappa shape index (κ2) is 10.6. The average Bonchev–Trinajstić information content (AvgIpc) is 2.89. The fourth-order valence-corrected chi connectivity index (χ4v) is 5.22. The Bertz CT molecular complexity index is 1500. The Morgan fingerprint density at radius 1 is 0.342 bits per heavy atom. The van der Waals surface area contributed by atoms with Gasteiger partial charge < -0.3 is 10.6 Å². The van der Waals surface area contributed by atoms with Crippen LogP contribution < -0.4 is 10.6 Å². The van der Waals surface area contributed by atoms with Crippen molar-refractivity contribution in [1.29, 1.82) is 0 Å². The summed E-state index contributed by atoms with van der Waals surface area (Å²) in [6, 6.07) is 34.8. The highest BCUT2D eigenvalue weighted by molar-refractivity contribution is 5.81. The van der Waals surface area contributed by atoms with Crippen molar-refractivity contribution in [3.63, 3.8) is 0 Å². The number of rotatable bonds is 6. The third-order valence-electron chi connectivity index (χ3n) is 7.45. The van der Waals surface area contributed by atoms with E-state index in [1.54, 1.807) is 0 Å². The van der Waals surface area contributed by atoms with Gasteiger partial charge in [-0.05, 0) is 134 Å². The normalized spacial score (nSPS) is 10.9. The summed E-state index contributed by atoms with van der Waals surface area (Å²) in [5.74, 6) is 0. The van der Waals surface area contributed by atoms with Crippen LogP contribution in [0.3, 0.4) is 0 Å². The van der Waals surface area contributed by atoms with Crippen molar-refractivity contribution >= 4 is 22.7 Å². The van der Waals surface area contributed by atoms with Gasteiger partial charge in [-0.3, -0.25) is 0 Å². The summed E-state index contributed by atoms with van der Waals surface area (Å²) in [6.45, 7) is 13.1. The molecule has 2 heteroatoms. The molecular weight excluding hydrogens is 460 g/mol. The Labute approximate surface area is 227 Å². The van der Waals surface area contributed by atoms with Crippen LogP contribution in [-0.4, -0.2) is 0 Å². The van der Waals surface area contributed by atoms with Crippen LogP contribution in [-0.2, 0) is 0 Å². The Morgan fingerprint density at radius 2 is 0.711 bits per heavy atom. The van der Waals surface area contributed by atoms with E-state index < -0.39 is 0 Å². The molecule has 0 fully saturated rings. The monoisotopic (exact) mass is 496 g/mol. The number of hydrogen-bond acceptors (Lipinski definition) is 2. The second-order valence-electron chi connectivity index (χ2n) is 10.4. The molecule has 0 aliphatic carbocycles. The van der Waals surface area contributed by atoms with Gasteiger partial charge in [0.15, 0.2) is 0 Å². The van der Waals surface area contributed by atoms with Gasteiger partial charge in [0.25, 0.3) is 0 Å². The number of hydrogen-bond donors (Lipinski definition) is 2. The zero-order valence-electron chi connectivity index (χ0n) is 23.2. The Balaban J connectivity index is 1.42. The van der Waals surface area contributed by atoms with Gasteiger partial charge in [0.2, 0.25) is 0 Å². The Hall–Kier alpha value is -4.30. The van der Waals surface area contributed by atoms with Crippen LogP contribution in [0.25, 0.3) is 22.3 Å². The molecule has 0 radical (unpaired) electrons. The van der Waals surface area contributed by atoms with Crippen molar-refractivity contribution in [3.8, 4) is 22.3 Å². The molecule has 0 saturated carbocycles. The number of para-hydroxylation sites is 2. The molecule has 5 rings (SSSR count). The molecular formula is C36H36N2. The lowest BCUT2D eigenvalue weighted by molar-refractivity contribution is 1.34. The number of benzene rings is 5. The van der Waals surface area contributed by atoms with E-state index in [2.05, 4.69) is 149 Å². The Morgan fingerprint density at radius 3 is 1.08 bits per heavy atom. The minimum atomic E-state index is 1.11. The van der Waals surface area contributed by atoms with Gasteiger partial charge in [-0.1, -0.05) is 60.7 Å². The Kier molecular flexibility index (Phi) is 7.07. The van der Waals surface area contributed by atoms with Crippen molar-refractivity contribution in [2.75, 3.05) is 10.6 Å². The van der Waals surface area contributed by atoms with Gasteiger partial charge >= 0.3 is 0 Å². The fraction of sp³-hybridized carbons (Fsp3) is 0.167. The van der Waals surface area contributed by atoms with Crippen molar-refractivity contribution in [2.24, 2.45) is 0 Å². The predicted octanol–water partition coefficient (Wildman–Crippen LogP) is 10.4. The first-order chi connectivity index (χ1) is 18.3. The highest BCUT2D eigenvalue weighted by Crippen LogP contribution is 2.36. The van der Waals surface area contributed by atoms with E-state index in [0.717, 1.165) is 22.7 Å². The van der Waals surface area contributed by atoms with E-state index in [0.29, 0.717) is 0 Å². The SMILES string of the molecule is Cc1ccccc1Nc1ccc(-c2cc(C)c(-c3ccc(Nc4ccccc4C)cc3C)cc2C)c(C)c1. The molecule has 38 heavy (non-hydrogen) atoms. The number of aryl methyl sites for hydroxylation is 6. The molecule has 0 aliphatic heterocycles. The molecule has 5 aromatic rings. The van der Waals surface area contributed by atoms with E-state index in [9.17, 15) is 0 Å². The topological polar surface area (TPSA) is 24.1 Å².